The Morgan fingerprint density at radius 1 is 1.47 bits per heavy atom. The van der Waals surface area contributed by atoms with Crippen molar-refractivity contribution in [2.24, 2.45) is 5.73 Å². The molecule has 0 aromatic heterocycles. The van der Waals surface area contributed by atoms with E-state index in [1.807, 2.05) is 0 Å². The zero-order chi connectivity index (χ0) is 11.9. The molecule has 0 spiro atoms. The van der Waals surface area contributed by atoms with Crippen molar-refractivity contribution in [3.05, 3.63) is 0 Å². The van der Waals surface area contributed by atoms with Crippen LogP contribution in [0.4, 0.5) is 8.78 Å². The Morgan fingerprint density at radius 3 is 2.47 bits per heavy atom. The van der Waals surface area contributed by atoms with E-state index < -0.39 is 23.0 Å². The minimum absolute atomic E-state index is 0.0128. The minimum Gasteiger partial charge on any atom is -0.384 e. The zero-order valence-corrected chi connectivity index (χ0v) is 9.34. The van der Waals surface area contributed by atoms with Gasteiger partial charge >= 0.3 is 0 Å². The molecule has 8 heteroatoms. The summed E-state index contributed by atoms with van der Waals surface area (Å²) in [6, 6.07) is 0. The molecule has 0 saturated carbocycles. The van der Waals surface area contributed by atoms with Crippen LogP contribution in [0.15, 0.2) is 0 Å². The van der Waals surface area contributed by atoms with Gasteiger partial charge in [0.05, 0.1) is 18.9 Å². The SMILES string of the molecule is COCCS(=O)(=O)N(CCN)CC(F)F. The molecule has 0 bridgehead atoms. The quantitative estimate of drug-likeness (QED) is 0.626. The molecule has 0 radical (unpaired) electrons. The molecule has 2 N–H and O–H groups in total. The Morgan fingerprint density at radius 2 is 2.07 bits per heavy atom. The second kappa shape index (κ2) is 7.04. The van der Waals surface area contributed by atoms with E-state index in [4.69, 9.17) is 5.73 Å². The number of nitrogens with two attached hydrogens (primary N) is 1. The first-order chi connectivity index (χ1) is 6.94. The fraction of sp³-hybridized carbons (Fsp3) is 1.00. The molecule has 0 heterocycles. The van der Waals surface area contributed by atoms with E-state index in [2.05, 4.69) is 4.74 Å². The lowest BCUT2D eigenvalue weighted by Crippen LogP contribution is -2.40. The normalized spacial score (nSPS) is 12.7. The van der Waals surface area contributed by atoms with Gasteiger partial charge in [-0.25, -0.2) is 17.2 Å². The third-order valence-corrected chi connectivity index (χ3v) is 3.46. The molecular formula is C7H16F2N2O3S. The Balaban J connectivity index is 4.44. The van der Waals surface area contributed by atoms with Gasteiger partial charge in [0.1, 0.15) is 0 Å². The van der Waals surface area contributed by atoms with Gasteiger partial charge in [-0.05, 0) is 0 Å². The lowest BCUT2D eigenvalue weighted by molar-refractivity contribution is 0.120. The maximum atomic E-state index is 12.1. The summed E-state index contributed by atoms with van der Waals surface area (Å²) in [6.07, 6.45) is -2.70. The predicted molar refractivity (Wildman–Crippen MR) is 52.3 cm³/mol. The monoisotopic (exact) mass is 246 g/mol. The molecule has 0 aliphatic heterocycles. The van der Waals surface area contributed by atoms with E-state index in [0.29, 0.717) is 4.31 Å². The average Bonchev–Trinajstić information content (AvgIpc) is 2.13. The number of halogens is 2. The van der Waals surface area contributed by atoms with Gasteiger partial charge in [-0.1, -0.05) is 0 Å². The van der Waals surface area contributed by atoms with Crippen LogP contribution < -0.4 is 5.73 Å². The van der Waals surface area contributed by atoms with Gasteiger partial charge in [0.25, 0.3) is 6.43 Å². The Hall–Kier alpha value is -0.310. The number of hydrogen-bond donors (Lipinski definition) is 1. The standard InChI is InChI=1S/C7H16F2N2O3S/c1-14-4-5-15(12,13)11(3-2-10)6-7(8)9/h7H,2-6,10H2,1H3. The van der Waals surface area contributed by atoms with Crippen molar-refractivity contribution in [1.82, 2.24) is 4.31 Å². The molecule has 0 atom stereocenters. The van der Waals surface area contributed by atoms with Crippen molar-refractivity contribution in [3.8, 4) is 0 Å². The number of methoxy groups -OCH3 is 1. The van der Waals surface area contributed by atoms with Crippen LogP contribution in [0.2, 0.25) is 0 Å². The van der Waals surface area contributed by atoms with Gasteiger partial charge in [-0.15, -0.1) is 0 Å². The van der Waals surface area contributed by atoms with Gasteiger partial charge in [0.15, 0.2) is 0 Å². The van der Waals surface area contributed by atoms with Crippen molar-refractivity contribution in [3.63, 3.8) is 0 Å². The van der Waals surface area contributed by atoms with Crippen LogP contribution in [0.5, 0.6) is 0 Å². The topological polar surface area (TPSA) is 72.6 Å². The van der Waals surface area contributed by atoms with Gasteiger partial charge in [0, 0.05) is 20.2 Å². The van der Waals surface area contributed by atoms with Crippen molar-refractivity contribution in [1.29, 1.82) is 0 Å². The van der Waals surface area contributed by atoms with Crippen LogP contribution in [0, 0.1) is 0 Å². The van der Waals surface area contributed by atoms with E-state index in [0.717, 1.165) is 0 Å². The number of sulfonamides is 1. The van der Waals surface area contributed by atoms with E-state index in [1.54, 1.807) is 0 Å². The summed E-state index contributed by atoms with van der Waals surface area (Å²) in [6.45, 7) is -0.925. The minimum atomic E-state index is -3.69. The first-order valence-corrected chi connectivity index (χ1v) is 6.00. The van der Waals surface area contributed by atoms with Crippen LogP contribution in [-0.4, -0.2) is 58.3 Å². The van der Waals surface area contributed by atoms with Gasteiger partial charge < -0.3 is 10.5 Å². The molecule has 0 amide bonds. The molecular weight excluding hydrogens is 230 g/mol. The molecule has 0 aromatic rings. The van der Waals surface area contributed by atoms with Crippen LogP contribution in [0.3, 0.4) is 0 Å². The summed E-state index contributed by atoms with van der Waals surface area (Å²) in [5.74, 6) is -0.309. The molecule has 0 aliphatic carbocycles. The average molecular weight is 246 g/mol. The molecule has 0 aromatic carbocycles. The Kier molecular flexibility index (Phi) is 6.90. The summed E-state index contributed by atoms with van der Waals surface area (Å²) in [4.78, 5) is 0. The molecule has 0 fully saturated rings. The summed E-state index contributed by atoms with van der Waals surface area (Å²) in [7, 11) is -2.35. The maximum Gasteiger partial charge on any atom is 0.252 e. The number of ether oxygens (including phenoxy) is 1. The Bertz CT molecular complexity index is 259. The third kappa shape index (κ3) is 5.98. The van der Waals surface area contributed by atoms with Crippen LogP contribution in [0.1, 0.15) is 0 Å². The molecule has 0 rings (SSSR count). The second-order valence-corrected chi connectivity index (χ2v) is 4.94. The highest BCUT2D eigenvalue weighted by molar-refractivity contribution is 7.89. The van der Waals surface area contributed by atoms with Crippen molar-refractivity contribution >= 4 is 10.0 Å². The van der Waals surface area contributed by atoms with Gasteiger partial charge in [-0.2, -0.15) is 4.31 Å². The van der Waals surface area contributed by atoms with Crippen molar-refractivity contribution in [2.75, 3.05) is 39.1 Å². The number of rotatable bonds is 8. The predicted octanol–water partition coefficient (Wildman–Crippen LogP) is -0.512. The summed E-state index contributed by atoms with van der Waals surface area (Å²) >= 11 is 0. The molecule has 15 heavy (non-hydrogen) atoms. The molecule has 92 valence electrons. The second-order valence-electron chi connectivity index (χ2n) is 2.85. The smallest absolute Gasteiger partial charge is 0.252 e. The molecule has 5 nitrogen and oxygen atoms in total. The van der Waals surface area contributed by atoms with Crippen LogP contribution in [-0.2, 0) is 14.8 Å². The largest absolute Gasteiger partial charge is 0.384 e. The number of hydrogen-bond acceptors (Lipinski definition) is 4. The maximum absolute atomic E-state index is 12.1. The molecule has 0 aliphatic rings. The number of alkyl halides is 2. The first kappa shape index (κ1) is 14.7. The van der Waals surface area contributed by atoms with Crippen molar-refractivity contribution in [2.45, 2.75) is 6.43 Å². The summed E-state index contributed by atoms with van der Waals surface area (Å²) < 4.78 is 52.4. The van der Waals surface area contributed by atoms with Gasteiger partial charge in [-0.3, -0.25) is 0 Å². The lowest BCUT2D eigenvalue weighted by atomic mass is 10.6. The van der Waals surface area contributed by atoms with Gasteiger partial charge in [0.2, 0.25) is 10.0 Å². The summed E-state index contributed by atoms with van der Waals surface area (Å²) in [5.41, 5.74) is 5.15. The number of nitrogens with zero attached hydrogens (tertiary/aromatic N) is 1. The van der Waals surface area contributed by atoms with E-state index in [1.165, 1.54) is 7.11 Å². The van der Waals surface area contributed by atoms with Crippen LogP contribution >= 0.6 is 0 Å². The third-order valence-electron chi connectivity index (χ3n) is 1.66. The Labute approximate surface area is 88.2 Å². The van der Waals surface area contributed by atoms with E-state index in [9.17, 15) is 17.2 Å². The summed E-state index contributed by atoms with van der Waals surface area (Å²) in [5, 5.41) is 0. The molecule has 0 saturated heterocycles. The fourth-order valence-electron chi connectivity index (χ4n) is 0.960. The van der Waals surface area contributed by atoms with E-state index in [-0.39, 0.29) is 25.4 Å². The van der Waals surface area contributed by atoms with Crippen LogP contribution in [0.25, 0.3) is 0 Å². The lowest BCUT2D eigenvalue weighted by Gasteiger charge is -2.20. The zero-order valence-electron chi connectivity index (χ0n) is 8.53. The first-order valence-electron chi connectivity index (χ1n) is 4.39. The van der Waals surface area contributed by atoms with Crippen molar-refractivity contribution < 1.29 is 21.9 Å². The molecule has 0 unspecified atom stereocenters. The van der Waals surface area contributed by atoms with E-state index >= 15 is 0 Å². The highest BCUT2D eigenvalue weighted by atomic mass is 32.2. The highest BCUT2D eigenvalue weighted by Gasteiger charge is 2.24. The highest BCUT2D eigenvalue weighted by Crippen LogP contribution is 2.05. The fourth-order valence-corrected chi connectivity index (χ4v) is 2.32.